The zero-order valence-corrected chi connectivity index (χ0v) is 16.0. The van der Waals surface area contributed by atoms with Crippen LogP contribution in [0.15, 0.2) is 29.8 Å². The monoisotopic (exact) mass is 372 g/mol. The number of carbonyl (C=O) groups is 3. The fourth-order valence-corrected chi connectivity index (χ4v) is 3.01. The molecular formula is C20H28N4O3. The van der Waals surface area contributed by atoms with Crippen molar-refractivity contribution < 1.29 is 14.4 Å². The van der Waals surface area contributed by atoms with Crippen LogP contribution in [-0.2, 0) is 9.59 Å². The van der Waals surface area contributed by atoms with Gasteiger partial charge in [0.1, 0.15) is 0 Å². The second-order valence-electron chi connectivity index (χ2n) is 6.68. The minimum atomic E-state index is -0.484. The molecule has 27 heavy (non-hydrogen) atoms. The third kappa shape index (κ3) is 7.13. The van der Waals surface area contributed by atoms with Crippen LogP contribution in [0.3, 0.4) is 0 Å². The number of hydrogen-bond acceptors (Lipinski definition) is 4. The van der Waals surface area contributed by atoms with Gasteiger partial charge in [-0.1, -0.05) is 17.7 Å². The van der Waals surface area contributed by atoms with Gasteiger partial charge in [-0.2, -0.15) is 0 Å². The van der Waals surface area contributed by atoms with E-state index in [0.29, 0.717) is 12.2 Å². The normalized spacial score (nSPS) is 13.3. The van der Waals surface area contributed by atoms with Crippen molar-refractivity contribution in [2.45, 2.75) is 46.0 Å². The largest absolute Gasteiger partial charge is 0.376 e. The molecule has 0 unspecified atom stereocenters. The van der Waals surface area contributed by atoms with Crippen molar-refractivity contribution in [2.75, 3.05) is 23.7 Å². The lowest BCUT2D eigenvalue weighted by atomic mass is 9.97. The Morgan fingerprint density at radius 1 is 1.11 bits per heavy atom. The van der Waals surface area contributed by atoms with E-state index >= 15 is 0 Å². The first-order valence-corrected chi connectivity index (χ1v) is 9.32. The molecule has 7 heteroatoms. The van der Waals surface area contributed by atoms with E-state index in [9.17, 15) is 14.4 Å². The molecule has 0 atom stereocenters. The molecule has 0 aliphatic heterocycles. The summed E-state index contributed by atoms with van der Waals surface area (Å²) < 4.78 is 0. The Kier molecular flexibility index (Phi) is 7.85. The highest BCUT2D eigenvalue weighted by Gasteiger charge is 2.10. The minimum Gasteiger partial charge on any atom is -0.376 e. The number of nitrogens with one attached hydrogen (secondary N) is 4. The number of imide groups is 1. The minimum absolute atomic E-state index is 0.0388. The summed E-state index contributed by atoms with van der Waals surface area (Å²) in [5, 5.41) is 10.8. The van der Waals surface area contributed by atoms with Crippen molar-refractivity contribution in [1.29, 1.82) is 0 Å². The summed E-state index contributed by atoms with van der Waals surface area (Å²) in [5.74, 6) is -0.581. The zero-order chi connectivity index (χ0) is 19.6. The topological polar surface area (TPSA) is 99.3 Å². The average Bonchev–Trinajstić information content (AvgIpc) is 2.63. The number of allylic oxidation sites excluding steroid dienone is 1. The maximum atomic E-state index is 12.0. The summed E-state index contributed by atoms with van der Waals surface area (Å²) in [6.45, 7) is 3.77. The smallest absolute Gasteiger partial charge is 0.321 e. The SMILES string of the molecule is CC(=O)Nc1cccc(NCC(=O)NC(=O)NCCC2=CCCCC2)c1C. The first-order valence-electron chi connectivity index (χ1n) is 9.32. The Bertz CT molecular complexity index is 728. The summed E-state index contributed by atoms with van der Waals surface area (Å²) >= 11 is 0. The molecular weight excluding hydrogens is 344 g/mol. The van der Waals surface area contributed by atoms with Crippen molar-refractivity contribution in [1.82, 2.24) is 10.6 Å². The summed E-state index contributed by atoms with van der Waals surface area (Å²) in [7, 11) is 0. The maximum Gasteiger partial charge on any atom is 0.321 e. The molecule has 4 amide bonds. The first kappa shape index (κ1) is 20.5. The molecule has 1 aromatic carbocycles. The quantitative estimate of drug-likeness (QED) is 0.553. The summed E-state index contributed by atoms with van der Waals surface area (Å²) in [4.78, 5) is 35.0. The van der Waals surface area contributed by atoms with Gasteiger partial charge in [0.05, 0.1) is 6.54 Å². The standard InChI is InChI=1S/C20H28N4O3/c1-14-17(9-6-10-18(14)23-15(2)25)22-13-19(26)24-20(27)21-12-11-16-7-4-3-5-8-16/h6-7,9-10,22H,3-5,8,11-13H2,1-2H3,(H,23,25)(H2,21,24,26,27). The molecule has 0 aromatic heterocycles. The predicted molar refractivity (Wildman–Crippen MR) is 107 cm³/mol. The number of amides is 4. The molecule has 0 radical (unpaired) electrons. The van der Waals surface area contributed by atoms with E-state index < -0.39 is 11.9 Å². The first-order chi connectivity index (χ1) is 13.0. The van der Waals surface area contributed by atoms with Gasteiger partial charge in [-0.3, -0.25) is 14.9 Å². The van der Waals surface area contributed by atoms with E-state index in [0.717, 1.165) is 30.5 Å². The Morgan fingerprint density at radius 2 is 1.89 bits per heavy atom. The third-order valence-corrected chi connectivity index (χ3v) is 4.45. The van der Waals surface area contributed by atoms with Crippen LogP contribution in [0.25, 0.3) is 0 Å². The van der Waals surface area contributed by atoms with E-state index in [1.54, 1.807) is 12.1 Å². The van der Waals surface area contributed by atoms with Crippen molar-refractivity contribution in [3.05, 3.63) is 35.4 Å². The summed E-state index contributed by atoms with van der Waals surface area (Å²) in [6.07, 6.45) is 7.75. The molecule has 2 rings (SSSR count). The second kappa shape index (κ2) is 10.4. The average molecular weight is 372 g/mol. The van der Waals surface area contributed by atoms with Gasteiger partial charge in [0, 0.05) is 24.8 Å². The Labute approximate surface area is 160 Å². The van der Waals surface area contributed by atoms with Crippen LogP contribution >= 0.6 is 0 Å². The van der Waals surface area contributed by atoms with Crippen LogP contribution in [0.1, 0.15) is 44.6 Å². The van der Waals surface area contributed by atoms with Gasteiger partial charge in [0.25, 0.3) is 0 Å². The second-order valence-corrected chi connectivity index (χ2v) is 6.68. The molecule has 1 aromatic rings. The maximum absolute atomic E-state index is 12.0. The number of anilines is 2. The van der Waals surface area contributed by atoms with Crippen molar-refractivity contribution in [3.8, 4) is 0 Å². The van der Waals surface area contributed by atoms with Crippen LogP contribution in [0, 0.1) is 6.92 Å². The van der Waals surface area contributed by atoms with Gasteiger partial charge in [-0.25, -0.2) is 4.79 Å². The van der Waals surface area contributed by atoms with Crippen molar-refractivity contribution >= 4 is 29.2 Å². The molecule has 0 fully saturated rings. The molecule has 4 N–H and O–H groups in total. The number of benzene rings is 1. The van der Waals surface area contributed by atoms with E-state index in [1.165, 1.54) is 25.3 Å². The lowest BCUT2D eigenvalue weighted by Crippen LogP contribution is -2.42. The number of rotatable bonds is 7. The van der Waals surface area contributed by atoms with Crippen LogP contribution in [0.2, 0.25) is 0 Å². The van der Waals surface area contributed by atoms with E-state index in [4.69, 9.17) is 0 Å². The fraction of sp³-hybridized carbons (Fsp3) is 0.450. The van der Waals surface area contributed by atoms with E-state index in [2.05, 4.69) is 27.3 Å². The highest BCUT2D eigenvalue weighted by atomic mass is 16.2. The van der Waals surface area contributed by atoms with E-state index in [-0.39, 0.29) is 12.5 Å². The molecule has 0 saturated heterocycles. The zero-order valence-electron chi connectivity index (χ0n) is 16.0. The molecule has 0 spiro atoms. The highest BCUT2D eigenvalue weighted by Crippen LogP contribution is 2.23. The van der Waals surface area contributed by atoms with Gasteiger partial charge in [0.2, 0.25) is 11.8 Å². The van der Waals surface area contributed by atoms with Crippen LogP contribution in [-0.4, -0.2) is 30.9 Å². The lowest BCUT2D eigenvalue weighted by molar-refractivity contribution is -0.118. The van der Waals surface area contributed by atoms with Crippen molar-refractivity contribution in [2.24, 2.45) is 0 Å². The Balaban J connectivity index is 1.73. The lowest BCUT2D eigenvalue weighted by Gasteiger charge is -2.14. The predicted octanol–water partition coefficient (Wildman–Crippen LogP) is 3.08. The van der Waals surface area contributed by atoms with Crippen LogP contribution < -0.4 is 21.3 Å². The molecule has 0 heterocycles. The summed E-state index contributed by atoms with van der Waals surface area (Å²) in [6, 6.07) is 4.90. The molecule has 1 aliphatic rings. The molecule has 0 saturated carbocycles. The number of carbonyl (C=O) groups excluding carboxylic acids is 3. The molecule has 146 valence electrons. The van der Waals surface area contributed by atoms with Crippen LogP contribution in [0.4, 0.5) is 16.2 Å². The Morgan fingerprint density at radius 3 is 2.59 bits per heavy atom. The highest BCUT2D eigenvalue weighted by molar-refractivity contribution is 5.96. The van der Waals surface area contributed by atoms with Gasteiger partial charge in [-0.15, -0.1) is 0 Å². The molecule has 0 bridgehead atoms. The van der Waals surface area contributed by atoms with Gasteiger partial charge in [0.15, 0.2) is 0 Å². The number of hydrogen-bond donors (Lipinski definition) is 4. The Hall–Kier alpha value is -2.83. The third-order valence-electron chi connectivity index (χ3n) is 4.45. The van der Waals surface area contributed by atoms with Gasteiger partial charge >= 0.3 is 6.03 Å². The van der Waals surface area contributed by atoms with Gasteiger partial charge in [-0.05, 0) is 56.7 Å². The van der Waals surface area contributed by atoms with Gasteiger partial charge < -0.3 is 16.0 Å². The van der Waals surface area contributed by atoms with Crippen molar-refractivity contribution in [3.63, 3.8) is 0 Å². The van der Waals surface area contributed by atoms with E-state index in [1.807, 2.05) is 13.0 Å². The number of urea groups is 1. The van der Waals surface area contributed by atoms with Crippen LogP contribution in [0.5, 0.6) is 0 Å². The molecule has 1 aliphatic carbocycles. The molecule has 7 nitrogen and oxygen atoms in total. The fourth-order valence-electron chi connectivity index (χ4n) is 3.01. The summed E-state index contributed by atoms with van der Waals surface area (Å²) in [5.41, 5.74) is 3.61.